The summed E-state index contributed by atoms with van der Waals surface area (Å²) < 4.78 is 28.0. The average Bonchev–Trinajstić information content (AvgIpc) is 3.25. The molecule has 2 aliphatic heterocycles. The normalized spacial score (nSPS) is 24.9. The van der Waals surface area contributed by atoms with Crippen LogP contribution in [0.3, 0.4) is 0 Å². The van der Waals surface area contributed by atoms with Gasteiger partial charge in [0, 0.05) is 19.2 Å². The lowest BCUT2D eigenvalue weighted by atomic mass is 10.2. The number of para-hydroxylation sites is 2. The van der Waals surface area contributed by atoms with Gasteiger partial charge in [-0.3, -0.25) is 14.2 Å². The minimum atomic E-state index is -2.75. The number of fused-ring (bicyclic) bond motifs is 2. The van der Waals surface area contributed by atoms with Gasteiger partial charge in [0.15, 0.2) is 0 Å². The summed E-state index contributed by atoms with van der Waals surface area (Å²) in [4.78, 5) is 32.2. The molecule has 0 spiro atoms. The second-order valence-corrected chi connectivity index (χ2v) is 8.63. The van der Waals surface area contributed by atoms with Crippen molar-refractivity contribution < 1.29 is 18.4 Å². The first kappa shape index (κ1) is 18.2. The van der Waals surface area contributed by atoms with E-state index in [0.717, 1.165) is 11.0 Å². The van der Waals surface area contributed by atoms with Crippen LogP contribution in [0.15, 0.2) is 24.3 Å². The second-order valence-electron chi connectivity index (χ2n) is 7.12. The number of thioether (sulfide) groups is 1. The van der Waals surface area contributed by atoms with Crippen LogP contribution in [-0.4, -0.2) is 54.9 Å². The van der Waals surface area contributed by atoms with Gasteiger partial charge >= 0.3 is 6.55 Å². The van der Waals surface area contributed by atoms with E-state index in [1.54, 1.807) is 48.0 Å². The molecule has 2 aromatic rings. The summed E-state index contributed by atoms with van der Waals surface area (Å²) in [7, 11) is 1.57. The van der Waals surface area contributed by atoms with Crippen LogP contribution in [0.1, 0.15) is 32.1 Å². The van der Waals surface area contributed by atoms with Gasteiger partial charge in [-0.25, -0.2) is 4.98 Å². The molecule has 2 amide bonds. The molecule has 1 aromatic carbocycles. The third-order valence-corrected chi connectivity index (χ3v) is 6.85. The Bertz CT molecular complexity index is 918. The molecular weight excluding hydrogens is 374 g/mol. The molecule has 0 unspecified atom stereocenters. The van der Waals surface area contributed by atoms with Crippen molar-refractivity contribution in [2.24, 2.45) is 0 Å². The standard InChI is InChI=1S/C18H20F2N4O2S/c1-18-8-7-15(25)24(18)13(10-27-18)16(26)22(2)9-14-21-11-5-3-4-6-12(11)23(14)17(19)20/h3-6,13,17H,7-10H2,1-2H3/t13-,18+/m1/s1. The second kappa shape index (κ2) is 6.47. The van der Waals surface area contributed by atoms with Crippen molar-refractivity contribution in [1.82, 2.24) is 19.4 Å². The highest BCUT2D eigenvalue weighted by molar-refractivity contribution is 8.01. The van der Waals surface area contributed by atoms with Crippen LogP contribution in [0.4, 0.5) is 8.78 Å². The van der Waals surface area contributed by atoms with Crippen molar-refractivity contribution in [3.8, 4) is 0 Å². The Balaban J connectivity index is 1.59. The summed E-state index contributed by atoms with van der Waals surface area (Å²) >= 11 is 1.61. The number of hydrogen-bond acceptors (Lipinski definition) is 4. The molecule has 0 saturated carbocycles. The number of halogens is 2. The number of likely N-dealkylation sites (N-methyl/N-ethyl adjacent to an activating group) is 1. The number of carbonyl (C=O) groups is 2. The molecule has 3 heterocycles. The minimum Gasteiger partial charge on any atom is -0.336 e. The van der Waals surface area contributed by atoms with Gasteiger partial charge in [-0.1, -0.05) is 12.1 Å². The molecule has 2 aliphatic rings. The Morgan fingerprint density at radius 3 is 2.93 bits per heavy atom. The maximum atomic E-state index is 13.6. The Morgan fingerprint density at radius 1 is 1.44 bits per heavy atom. The largest absolute Gasteiger partial charge is 0.336 e. The molecule has 6 nitrogen and oxygen atoms in total. The highest BCUT2D eigenvalue weighted by Gasteiger charge is 2.53. The van der Waals surface area contributed by atoms with Crippen LogP contribution in [0.5, 0.6) is 0 Å². The first-order valence-electron chi connectivity index (χ1n) is 8.77. The summed E-state index contributed by atoms with van der Waals surface area (Å²) in [6.45, 7) is -0.814. The van der Waals surface area contributed by atoms with E-state index in [1.165, 1.54) is 4.90 Å². The van der Waals surface area contributed by atoms with Gasteiger partial charge in [0.2, 0.25) is 11.8 Å². The van der Waals surface area contributed by atoms with E-state index in [4.69, 9.17) is 0 Å². The van der Waals surface area contributed by atoms with Crippen LogP contribution >= 0.6 is 11.8 Å². The van der Waals surface area contributed by atoms with Crippen molar-refractivity contribution in [2.45, 2.75) is 43.8 Å². The minimum absolute atomic E-state index is 0.0194. The predicted molar refractivity (Wildman–Crippen MR) is 98.2 cm³/mol. The molecule has 2 fully saturated rings. The van der Waals surface area contributed by atoms with E-state index >= 15 is 0 Å². The zero-order valence-electron chi connectivity index (χ0n) is 15.1. The number of amides is 2. The summed E-state index contributed by atoms with van der Waals surface area (Å²) in [6.07, 6.45) is 1.17. The Morgan fingerprint density at radius 2 is 2.19 bits per heavy atom. The maximum absolute atomic E-state index is 13.6. The topological polar surface area (TPSA) is 58.4 Å². The van der Waals surface area contributed by atoms with E-state index in [1.807, 2.05) is 6.92 Å². The molecule has 2 saturated heterocycles. The lowest BCUT2D eigenvalue weighted by Crippen LogP contribution is -2.50. The molecule has 1 aromatic heterocycles. The van der Waals surface area contributed by atoms with Crippen molar-refractivity contribution in [3.05, 3.63) is 30.1 Å². The molecule has 144 valence electrons. The smallest absolute Gasteiger partial charge is 0.320 e. The van der Waals surface area contributed by atoms with Crippen molar-refractivity contribution in [1.29, 1.82) is 0 Å². The van der Waals surface area contributed by atoms with Gasteiger partial charge in [0.1, 0.15) is 11.9 Å². The van der Waals surface area contributed by atoms with Gasteiger partial charge in [0.05, 0.1) is 22.4 Å². The molecule has 0 N–H and O–H groups in total. The van der Waals surface area contributed by atoms with Crippen LogP contribution < -0.4 is 0 Å². The quantitative estimate of drug-likeness (QED) is 0.800. The Hall–Kier alpha value is -2.16. The van der Waals surface area contributed by atoms with E-state index in [2.05, 4.69) is 4.98 Å². The third kappa shape index (κ3) is 2.88. The number of nitrogens with zero attached hydrogens (tertiary/aromatic N) is 4. The number of benzene rings is 1. The van der Waals surface area contributed by atoms with E-state index in [0.29, 0.717) is 23.2 Å². The number of aromatic nitrogens is 2. The van der Waals surface area contributed by atoms with Crippen LogP contribution in [0.25, 0.3) is 11.0 Å². The van der Waals surface area contributed by atoms with Gasteiger partial charge in [-0.05, 0) is 25.5 Å². The summed E-state index contributed by atoms with van der Waals surface area (Å²) in [5, 5.41) is 0. The first-order valence-corrected chi connectivity index (χ1v) is 9.75. The fourth-order valence-corrected chi connectivity index (χ4v) is 5.39. The van der Waals surface area contributed by atoms with Crippen molar-refractivity contribution in [3.63, 3.8) is 0 Å². The van der Waals surface area contributed by atoms with Gasteiger partial charge < -0.3 is 9.80 Å². The third-order valence-electron chi connectivity index (χ3n) is 5.35. The summed E-state index contributed by atoms with van der Waals surface area (Å²) in [6, 6.07) is 6.11. The van der Waals surface area contributed by atoms with Crippen LogP contribution in [0, 0.1) is 0 Å². The summed E-state index contributed by atoms with van der Waals surface area (Å²) in [5.41, 5.74) is 0.800. The maximum Gasteiger partial charge on any atom is 0.320 e. The number of imidazole rings is 1. The van der Waals surface area contributed by atoms with Gasteiger partial charge in [-0.15, -0.1) is 11.8 Å². The molecule has 9 heteroatoms. The Labute approximate surface area is 159 Å². The molecule has 27 heavy (non-hydrogen) atoms. The monoisotopic (exact) mass is 394 g/mol. The molecular formula is C18H20F2N4O2S. The fraction of sp³-hybridized carbons (Fsp3) is 0.500. The molecule has 4 rings (SSSR count). The predicted octanol–water partition coefficient (Wildman–Crippen LogP) is 2.84. The highest BCUT2D eigenvalue weighted by Crippen LogP contribution is 2.47. The van der Waals surface area contributed by atoms with E-state index in [-0.39, 0.29) is 29.1 Å². The van der Waals surface area contributed by atoms with Crippen LogP contribution in [0.2, 0.25) is 0 Å². The number of rotatable bonds is 4. The number of hydrogen-bond donors (Lipinski definition) is 0. The summed E-state index contributed by atoms with van der Waals surface area (Å²) in [5.74, 6) is 0.392. The molecule has 0 aliphatic carbocycles. The molecule has 0 radical (unpaired) electrons. The molecule has 0 bridgehead atoms. The Kier molecular flexibility index (Phi) is 4.37. The average molecular weight is 394 g/mol. The van der Waals surface area contributed by atoms with E-state index in [9.17, 15) is 18.4 Å². The zero-order valence-corrected chi connectivity index (χ0v) is 15.9. The van der Waals surface area contributed by atoms with E-state index < -0.39 is 12.6 Å². The number of alkyl halides is 2. The molecule has 2 atom stereocenters. The van der Waals surface area contributed by atoms with Gasteiger partial charge in [-0.2, -0.15) is 8.78 Å². The first-order chi connectivity index (χ1) is 12.8. The highest BCUT2D eigenvalue weighted by atomic mass is 32.2. The van der Waals surface area contributed by atoms with Crippen LogP contribution in [-0.2, 0) is 16.1 Å². The van der Waals surface area contributed by atoms with Crippen molar-refractivity contribution in [2.75, 3.05) is 12.8 Å². The fourth-order valence-electron chi connectivity index (χ4n) is 3.97. The lowest BCUT2D eigenvalue weighted by molar-refractivity contribution is -0.143. The van der Waals surface area contributed by atoms with Gasteiger partial charge in [0.25, 0.3) is 0 Å². The van der Waals surface area contributed by atoms with Crippen molar-refractivity contribution >= 4 is 34.6 Å². The zero-order chi connectivity index (χ0) is 19.3. The lowest BCUT2D eigenvalue weighted by Gasteiger charge is -2.31. The number of carbonyl (C=O) groups excluding carboxylic acids is 2. The SMILES string of the molecule is CN(Cc1nc2ccccc2n1C(F)F)C(=O)[C@H]1CS[C@@]2(C)CCC(=O)N12.